The molecule has 0 amide bonds. The first-order valence-electron chi connectivity index (χ1n) is 4.37. The molecule has 0 radical (unpaired) electrons. The summed E-state index contributed by atoms with van der Waals surface area (Å²) in [5.41, 5.74) is -4.15. The van der Waals surface area contributed by atoms with Crippen LogP contribution in [0.1, 0.15) is 12.8 Å². The van der Waals surface area contributed by atoms with Crippen LogP contribution in [0.3, 0.4) is 0 Å². The molecule has 6 heteroatoms. The Hall–Kier alpha value is -0.410. The summed E-state index contributed by atoms with van der Waals surface area (Å²) in [6.07, 6.45) is 1.70. The van der Waals surface area contributed by atoms with E-state index in [1.807, 2.05) is 4.90 Å². The van der Waals surface area contributed by atoms with Gasteiger partial charge in [0.15, 0.2) is 0 Å². The first kappa shape index (κ1) is 11.7. The van der Waals surface area contributed by atoms with Crippen molar-refractivity contribution < 1.29 is 13.2 Å². The van der Waals surface area contributed by atoms with Gasteiger partial charge in [0.2, 0.25) is 0 Å². The van der Waals surface area contributed by atoms with E-state index >= 15 is 0 Å². The minimum atomic E-state index is -4.15. The monoisotopic (exact) mass is 224 g/mol. The summed E-state index contributed by atoms with van der Waals surface area (Å²) in [5, 5.41) is 8.67. The Kier molecular flexibility index (Phi) is 4.08. The van der Waals surface area contributed by atoms with Gasteiger partial charge in [-0.2, -0.15) is 18.4 Å². The van der Waals surface area contributed by atoms with Crippen LogP contribution in [0, 0.1) is 11.3 Å². The van der Waals surface area contributed by atoms with Crippen LogP contribution in [0.4, 0.5) is 13.2 Å². The largest absolute Gasteiger partial charge is 0.441 e. The lowest BCUT2D eigenvalue weighted by molar-refractivity contribution is -0.0328. The summed E-state index contributed by atoms with van der Waals surface area (Å²) in [7, 11) is 0. The standard InChI is InChI=1S/C8H11F3N2S/c9-8(10,11)14-5-4-13-3-1-2-7(13)6-12/h7H,1-5H2. The zero-order chi connectivity index (χ0) is 10.6. The zero-order valence-corrected chi connectivity index (χ0v) is 8.37. The smallest absolute Gasteiger partial charge is 0.287 e. The molecule has 0 N–H and O–H groups in total. The second-order valence-corrected chi connectivity index (χ2v) is 4.28. The molecule has 0 spiro atoms. The SMILES string of the molecule is N#CC1CCCN1CCSC(F)(F)F. The molecule has 1 aliphatic rings. The van der Waals surface area contributed by atoms with Gasteiger partial charge in [-0.05, 0) is 31.1 Å². The number of hydrogen-bond acceptors (Lipinski definition) is 3. The summed E-state index contributed by atoms with van der Waals surface area (Å²) < 4.78 is 35.4. The van der Waals surface area contributed by atoms with E-state index in [1.165, 1.54) is 0 Å². The molecule has 1 aliphatic heterocycles. The predicted molar refractivity (Wildman–Crippen MR) is 48.7 cm³/mol. The summed E-state index contributed by atoms with van der Waals surface area (Å²) in [6.45, 7) is 1.10. The fourth-order valence-corrected chi connectivity index (χ4v) is 2.08. The Labute approximate surface area is 85.1 Å². The number of rotatable bonds is 3. The quantitative estimate of drug-likeness (QED) is 0.735. The molecule has 80 valence electrons. The summed E-state index contributed by atoms with van der Waals surface area (Å²) >= 11 is -0.0181. The number of hydrogen-bond donors (Lipinski definition) is 0. The van der Waals surface area contributed by atoms with Gasteiger partial charge >= 0.3 is 5.51 Å². The molecule has 0 aromatic carbocycles. The topological polar surface area (TPSA) is 27.0 Å². The van der Waals surface area contributed by atoms with Crippen molar-refractivity contribution in [3.63, 3.8) is 0 Å². The number of nitriles is 1. The van der Waals surface area contributed by atoms with Crippen LogP contribution in [-0.4, -0.2) is 35.3 Å². The molecule has 2 nitrogen and oxygen atoms in total. The predicted octanol–water partition coefficient (Wildman–Crippen LogP) is 2.23. The fourth-order valence-electron chi connectivity index (χ4n) is 1.52. The minimum Gasteiger partial charge on any atom is -0.287 e. The van der Waals surface area contributed by atoms with Crippen molar-refractivity contribution in [3.8, 4) is 6.07 Å². The Morgan fingerprint density at radius 2 is 2.21 bits per heavy atom. The third-order valence-electron chi connectivity index (χ3n) is 2.16. The molecule has 1 unspecified atom stereocenters. The van der Waals surface area contributed by atoms with Crippen molar-refractivity contribution >= 4 is 11.8 Å². The molecule has 0 saturated carbocycles. The maximum atomic E-state index is 11.8. The lowest BCUT2D eigenvalue weighted by Crippen LogP contribution is -2.30. The number of alkyl halides is 3. The Bertz CT molecular complexity index is 224. The van der Waals surface area contributed by atoms with E-state index in [0.717, 1.165) is 19.4 Å². The van der Waals surface area contributed by atoms with Crippen LogP contribution in [0.25, 0.3) is 0 Å². The van der Waals surface area contributed by atoms with E-state index in [-0.39, 0.29) is 23.6 Å². The van der Waals surface area contributed by atoms with E-state index < -0.39 is 5.51 Å². The first-order valence-corrected chi connectivity index (χ1v) is 5.36. The van der Waals surface area contributed by atoms with E-state index in [2.05, 4.69) is 6.07 Å². The van der Waals surface area contributed by atoms with Gasteiger partial charge in [0.1, 0.15) is 0 Å². The lowest BCUT2D eigenvalue weighted by Gasteiger charge is -2.18. The second-order valence-electron chi connectivity index (χ2n) is 3.12. The number of likely N-dealkylation sites (tertiary alicyclic amines) is 1. The van der Waals surface area contributed by atoms with Crippen LogP contribution in [0.5, 0.6) is 0 Å². The van der Waals surface area contributed by atoms with Crippen LogP contribution >= 0.6 is 11.8 Å². The number of thioether (sulfide) groups is 1. The van der Waals surface area contributed by atoms with Crippen LogP contribution in [0.15, 0.2) is 0 Å². The van der Waals surface area contributed by atoms with Gasteiger partial charge in [0.25, 0.3) is 0 Å². The van der Waals surface area contributed by atoms with Crippen molar-refractivity contribution in [2.24, 2.45) is 0 Å². The second kappa shape index (κ2) is 4.89. The molecule has 1 heterocycles. The molecule has 0 bridgehead atoms. The highest BCUT2D eigenvalue weighted by Gasteiger charge is 2.29. The molecule has 0 aliphatic carbocycles. The van der Waals surface area contributed by atoms with E-state index in [9.17, 15) is 13.2 Å². The molecular weight excluding hydrogens is 213 g/mol. The van der Waals surface area contributed by atoms with E-state index in [0.29, 0.717) is 6.54 Å². The molecule has 0 aromatic heterocycles. The molecule has 14 heavy (non-hydrogen) atoms. The lowest BCUT2D eigenvalue weighted by atomic mass is 10.2. The highest BCUT2D eigenvalue weighted by atomic mass is 32.2. The fraction of sp³-hybridized carbons (Fsp3) is 0.875. The zero-order valence-electron chi connectivity index (χ0n) is 7.55. The van der Waals surface area contributed by atoms with Gasteiger partial charge in [0, 0.05) is 12.3 Å². The maximum absolute atomic E-state index is 11.8. The van der Waals surface area contributed by atoms with E-state index in [4.69, 9.17) is 5.26 Å². The summed E-state index contributed by atoms with van der Waals surface area (Å²) in [4.78, 5) is 1.82. The molecule has 1 rings (SSSR count). The Balaban J connectivity index is 2.22. The van der Waals surface area contributed by atoms with Gasteiger partial charge < -0.3 is 0 Å². The van der Waals surface area contributed by atoms with Crippen molar-refractivity contribution in [2.75, 3.05) is 18.8 Å². The van der Waals surface area contributed by atoms with Crippen molar-refractivity contribution in [2.45, 2.75) is 24.4 Å². The summed E-state index contributed by atoms with van der Waals surface area (Å²) in [6, 6.07) is 1.92. The average Bonchev–Trinajstić information content (AvgIpc) is 2.49. The van der Waals surface area contributed by atoms with Crippen molar-refractivity contribution in [1.29, 1.82) is 5.26 Å². The Morgan fingerprint density at radius 3 is 2.79 bits per heavy atom. The number of halogens is 3. The van der Waals surface area contributed by atoms with Gasteiger partial charge in [-0.25, -0.2) is 0 Å². The third kappa shape index (κ3) is 3.76. The normalized spacial score (nSPS) is 23.7. The van der Waals surface area contributed by atoms with Crippen LogP contribution < -0.4 is 0 Å². The van der Waals surface area contributed by atoms with Crippen LogP contribution in [0.2, 0.25) is 0 Å². The van der Waals surface area contributed by atoms with Crippen LogP contribution in [-0.2, 0) is 0 Å². The van der Waals surface area contributed by atoms with Gasteiger partial charge in [0.05, 0.1) is 12.1 Å². The third-order valence-corrected chi connectivity index (χ3v) is 2.87. The first-order chi connectivity index (χ1) is 6.53. The maximum Gasteiger partial charge on any atom is 0.441 e. The highest BCUT2D eigenvalue weighted by molar-refractivity contribution is 8.00. The van der Waals surface area contributed by atoms with Crippen molar-refractivity contribution in [3.05, 3.63) is 0 Å². The van der Waals surface area contributed by atoms with Gasteiger partial charge in [-0.15, -0.1) is 0 Å². The van der Waals surface area contributed by atoms with E-state index in [1.54, 1.807) is 0 Å². The Morgan fingerprint density at radius 1 is 1.50 bits per heavy atom. The molecule has 1 saturated heterocycles. The number of nitrogens with zero attached hydrogens (tertiary/aromatic N) is 2. The molecular formula is C8H11F3N2S. The van der Waals surface area contributed by atoms with Gasteiger partial charge in [-0.3, -0.25) is 4.90 Å². The molecule has 1 fully saturated rings. The molecule has 0 aromatic rings. The average molecular weight is 224 g/mol. The minimum absolute atomic E-state index is 0.0156. The summed E-state index contributed by atoms with van der Waals surface area (Å²) in [5.74, 6) is 0.0156. The highest BCUT2D eigenvalue weighted by Crippen LogP contribution is 2.30. The van der Waals surface area contributed by atoms with Crippen molar-refractivity contribution in [1.82, 2.24) is 4.90 Å². The molecule has 1 atom stereocenters. The van der Waals surface area contributed by atoms with Gasteiger partial charge in [-0.1, -0.05) is 0 Å².